The zero-order valence-corrected chi connectivity index (χ0v) is 19.8. The smallest absolute Gasteiger partial charge is 0.307 e. The van der Waals surface area contributed by atoms with E-state index in [4.69, 9.17) is 10.5 Å². The highest BCUT2D eigenvalue weighted by molar-refractivity contribution is 5.71. The monoisotopic (exact) mass is 458 g/mol. The summed E-state index contributed by atoms with van der Waals surface area (Å²) in [6.07, 6.45) is 4.54. The Morgan fingerprint density at radius 2 is 1.91 bits per heavy atom. The molecule has 0 aliphatic heterocycles. The molecule has 178 valence electrons. The van der Waals surface area contributed by atoms with Crippen LogP contribution in [-0.2, 0) is 17.8 Å². The fraction of sp³-hybridized carbons (Fsp3) is 0.345. The first-order valence-corrected chi connectivity index (χ1v) is 12.2. The Labute approximate surface area is 202 Å². The van der Waals surface area contributed by atoms with Gasteiger partial charge >= 0.3 is 5.97 Å². The molecular weight excluding hydrogens is 424 g/mol. The van der Waals surface area contributed by atoms with Gasteiger partial charge in [-0.05, 0) is 77.8 Å². The number of carboxylic acid groups (broad SMARTS) is 1. The van der Waals surface area contributed by atoms with E-state index < -0.39 is 5.97 Å². The first-order chi connectivity index (χ1) is 16.5. The van der Waals surface area contributed by atoms with Crippen LogP contribution in [0.1, 0.15) is 55.3 Å². The maximum Gasteiger partial charge on any atom is 0.307 e. The van der Waals surface area contributed by atoms with E-state index in [-0.39, 0.29) is 12.5 Å². The van der Waals surface area contributed by atoms with E-state index in [1.54, 1.807) is 6.07 Å². The van der Waals surface area contributed by atoms with E-state index in [2.05, 4.69) is 54.7 Å². The maximum atomic E-state index is 11.2. The van der Waals surface area contributed by atoms with Crippen LogP contribution in [0.15, 0.2) is 66.7 Å². The Hall–Kier alpha value is -3.31. The molecular formula is C29H34N2O3. The van der Waals surface area contributed by atoms with Crippen molar-refractivity contribution in [3.05, 3.63) is 83.4 Å². The summed E-state index contributed by atoms with van der Waals surface area (Å²) in [7, 11) is 0. The van der Waals surface area contributed by atoms with Gasteiger partial charge in [0.15, 0.2) is 0 Å². The molecule has 3 aromatic carbocycles. The lowest BCUT2D eigenvalue weighted by molar-refractivity contribution is -0.136. The van der Waals surface area contributed by atoms with Crippen molar-refractivity contribution in [2.75, 3.05) is 11.9 Å². The number of carboxylic acids is 1. The molecule has 1 fully saturated rings. The number of hydrogen-bond donors (Lipinski definition) is 3. The molecule has 5 heteroatoms. The van der Waals surface area contributed by atoms with Crippen molar-refractivity contribution >= 4 is 11.7 Å². The van der Waals surface area contributed by atoms with Gasteiger partial charge in [0.25, 0.3) is 0 Å². The minimum absolute atomic E-state index is 0.0367. The summed E-state index contributed by atoms with van der Waals surface area (Å²) in [6, 6.07) is 22.3. The summed E-state index contributed by atoms with van der Waals surface area (Å²) in [6.45, 7) is 3.49. The number of nitrogens with two attached hydrogens (primary N) is 1. The van der Waals surface area contributed by atoms with Crippen molar-refractivity contribution in [3.8, 4) is 16.9 Å². The molecule has 5 nitrogen and oxygen atoms in total. The van der Waals surface area contributed by atoms with Gasteiger partial charge in [-0.25, -0.2) is 0 Å². The molecule has 0 bridgehead atoms. The fourth-order valence-corrected chi connectivity index (χ4v) is 4.17. The molecule has 0 unspecified atom stereocenters. The average Bonchev–Trinajstić information content (AvgIpc) is 3.67. The normalized spacial score (nSPS) is 13.9. The molecule has 0 heterocycles. The van der Waals surface area contributed by atoms with Gasteiger partial charge < -0.3 is 20.9 Å². The Kier molecular flexibility index (Phi) is 7.86. The van der Waals surface area contributed by atoms with Crippen LogP contribution in [0.3, 0.4) is 0 Å². The minimum Gasteiger partial charge on any atom is -0.489 e. The van der Waals surface area contributed by atoms with Gasteiger partial charge in [0, 0.05) is 23.8 Å². The second-order valence-corrected chi connectivity index (χ2v) is 9.23. The summed E-state index contributed by atoms with van der Waals surface area (Å²) in [4.78, 5) is 11.2. The van der Waals surface area contributed by atoms with Crippen LogP contribution in [0.4, 0.5) is 5.69 Å². The second kappa shape index (κ2) is 11.2. The van der Waals surface area contributed by atoms with Crippen LogP contribution in [-0.4, -0.2) is 17.6 Å². The summed E-state index contributed by atoms with van der Waals surface area (Å²) in [5.74, 6) is 0.503. The molecule has 34 heavy (non-hydrogen) atoms. The Balaban J connectivity index is 1.59. The summed E-state index contributed by atoms with van der Waals surface area (Å²) < 4.78 is 6.09. The third-order valence-electron chi connectivity index (χ3n) is 6.24. The Morgan fingerprint density at radius 3 is 2.68 bits per heavy atom. The highest BCUT2D eigenvalue weighted by Crippen LogP contribution is 2.32. The standard InChI is InChI=1S/C29H34N2O3/c1-2-6-27(30)23-9-5-8-22(15-23)25-13-21(14-26(16-25)31-18-20-11-12-20)19-34-28-10-4-3-7-24(28)17-29(32)33/h3-5,7-10,13-16,20,27,31H,2,6,11-12,17-19,30H2,1H3,(H,32,33)/t27-/m1/s1. The van der Waals surface area contributed by atoms with E-state index in [0.717, 1.165) is 53.2 Å². The zero-order valence-electron chi connectivity index (χ0n) is 19.8. The highest BCUT2D eigenvalue weighted by atomic mass is 16.5. The zero-order chi connectivity index (χ0) is 23.9. The number of benzene rings is 3. The predicted molar refractivity (Wildman–Crippen MR) is 137 cm³/mol. The molecule has 3 aromatic rings. The quantitative estimate of drug-likeness (QED) is 0.302. The lowest BCUT2D eigenvalue weighted by atomic mass is 9.96. The van der Waals surface area contributed by atoms with E-state index in [1.807, 2.05) is 18.2 Å². The molecule has 0 amide bonds. The van der Waals surface area contributed by atoms with E-state index in [0.29, 0.717) is 17.9 Å². The maximum absolute atomic E-state index is 11.2. The average molecular weight is 459 g/mol. The van der Waals surface area contributed by atoms with Crippen LogP contribution in [0.2, 0.25) is 0 Å². The molecule has 1 aliphatic rings. The highest BCUT2D eigenvalue weighted by Gasteiger charge is 2.20. The van der Waals surface area contributed by atoms with Crippen molar-refractivity contribution in [2.24, 2.45) is 11.7 Å². The molecule has 0 spiro atoms. The lowest BCUT2D eigenvalue weighted by Gasteiger charge is -2.16. The summed E-state index contributed by atoms with van der Waals surface area (Å²) >= 11 is 0. The first kappa shape index (κ1) is 23.8. The van der Waals surface area contributed by atoms with E-state index in [9.17, 15) is 9.90 Å². The van der Waals surface area contributed by atoms with Gasteiger partial charge in [0.2, 0.25) is 0 Å². The number of para-hydroxylation sites is 1. The third kappa shape index (κ3) is 6.61. The number of anilines is 1. The molecule has 1 saturated carbocycles. The number of nitrogens with one attached hydrogen (secondary N) is 1. The van der Waals surface area contributed by atoms with Crippen molar-refractivity contribution in [3.63, 3.8) is 0 Å². The minimum atomic E-state index is -0.870. The van der Waals surface area contributed by atoms with Crippen LogP contribution in [0.25, 0.3) is 11.1 Å². The van der Waals surface area contributed by atoms with Gasteiger partial charge in [0.1, 0.15) is 12.4 Å². The number of hydrogen-bond acceptors (Lipinski definition) is 4. The van der Waals surface area contributed by atoms with Crippen LogP contribution < -0.4 is 15.8 Å². The van der Waals surface area contributed by atoms with Gasteiger partial charge in [0.05, 0.1) is 6.42 Å². The lowest BCUT2D eigenvalue weighted by Crippen LogP contribution is -2.09. The van der Waals surface area contributed by atoms with Gasteiger partial charge in [-0.3, -0.25) is 4.79 Å². The number of rotatable bonds is 12. The molecule has 1 aliphatic carbocycles. The van der Waals surface area contributed by atoms with Gasteiger partial charge in [-0.15, -0.1) is 0 Å². The molecule has 4 N–H and O–H groups in total. The molecule has 0 radical (unpaired) electrons. The number of carbonyl (C=O) groups is 1. The van der Waals surface area contributed by atoms with Crippen molar-refractivity contribution < 1.29 is 14.6 Å². The Morgan fingerprint density at radius 1 is 1.09 bits per heavy atom. The van der Waals surface area contributed by atoms with E-state index in [1.165, 1.54) is 12.8 Å². The summed E-state index contributed by atoms with van der Waals surface area (Å²) in [5, 5.41) is 12.8. The SMILES string of the molecule is CCC[C@@H](N)c1cccc(-c2cc(COc3ccccc3CC(=O)O)cc(NCC3CC3)c2)c1. The molecule has 0 saturated heterocycles. The van der Waals surface area contributed by atoms with Gasteiger partial charge in [-0.2, -0.15) is 0 Å². The first-order valence-electron chi connectivity index (χ1n) is 12.2. The fourth-order valence-electron chi connectivity index (χ4n) is 4.17. The van der Waals surface area contributed by atoms with Crippen molar-refractivity contribution in [1.82, 2.24) is 0 Å². The molecule has 1 atom stereocenters. The summed E-state index contributed by atoms with van der Waals surface area (Å²) in [5.41, 5.74) is 12.6. The molecule has 0 aromatic heterocycles. The van der Waals surface area contributed by atoms with Crippen molar-refractivity contribution in [1.29, 1.82) is 0 Å². The largest absolute Gasteiger partial charge is 0.489 e. The Bertz CT molecular complexity index is 1120. The molecule has 4 rings (SSSR count). The van der Waals surface area contributed by atoms with Crippen LogP contribution in [0.5, 0.6) is 5.75 Å². The number of aliphatic carboxylic acids is 1. The topological polar surface area (TPSA) is 84.6 Å². The van der Waals surface area contributed by atoms with Crippen molar-refractivity contribution in [2.45, 2.75) is 51.7 Å². The van der Waals surface area contributed by atoms with E-state index >= 15 is 0 Å². The second-order valence-electron chi connectivity index (χ2n) is 9.23. The number of ether oxygens (including phenoxy) is 1. The van der Waals surface area contributed by atoms with Gasteiger partial charge in [-0.1, -0.05) is 49.7 Å². The predicted octanol–water partition coefficient (Wildman–Crippen LogP) is 6.18. The third-order valence-corrected chi connectivity index (χ3v) is 6.24. The van der Waals surface area contributed by atoms with Crippen LogP contribution >= 0.6 is 0 Å². The van der Waals surface area contributed by atoms with Crippen LogP contribution in [0, 0.1) is 5.92 Å².